The second-order valence-electron chi connectivity index (χ2n) is 5.22. The van der Waals surface area contributed by atoms with E-state index in [4.69, 9.17) is 4.74 Å². The molecule has 0 aromatic heterocycles. The molecule has 0 amide bonds. The predicted molar refractivity (Wildman–Crippen MR) is 87.4 cm³/mol. The van der Waals surface area contributed by atoms with Gasteiger partial charge in [0.1, 0.15) is 5.75 Å². The van der Waals surface area contributed by atoms with Crippen molar-refractivity contribution < 1.29 is 13.2 Å². The Morgan fingerprint density at radius 1 is 1.14 bits per heavy atom. The van der Waals surface area contributed by atoms with Gasteiger partial charge >= 0.3 is 0 Å². The van der Waals surface area contributed by atoms with Gasteiger partial charge in [0.25, 0.3) is 0 Å². The second kappa shape index (κ2) is 8.89. The van der Waals surface area contributed by atoms with E-state index in [0.717, 1.165) is 25.3 Å². The number of hydrogen-bond acceptors (Lipinski definition) is 4. The second-order valence-corrected chi connectivity index (χ2v) is 7.06. The zero-order valence-corrected chi connectivity index (χ0v) is 13.9. The first kappa shape index (κ1) is 17.8. The summed E-state index contributed by atoms with van der Waals surface area (Å²) in [4.78, 5) is 0. The van der Waals surface area contributed by atoms with Gasteiger partial charge in [-0.1, -0.05) is 6.92 Å². The fourth-order valence-electron chi connectivity index (χ4n) is 1.79. The number of nitrogens with one attached hydrogen (secondary N) is 2. The topological polar surface area (TPSA) is 67.4 Å². The first-order valence-corrected chi connectivity index (χ1v) is 9.06. The van der Waals surface area contributed by atoms with Gasteiger partial charge in [0.05, 0.1) is 11.9 Å². The monoisotopic (exact) mass is 314 g/mol. The summed E-state index contributed by atoms with van der Waals surface area (Å²) >= 11 is 0. The molecule has 0 radical (unpaired) electrons. The lowest BCUT2D eigenvalue weighted by Crippen LogP contribution is -2.22. The van der Waals surface area contributed by atoms with E-state index >= 15 is 0 Å². The standard InChI is InChI=1S/C15H26N2O3S/c1-4-10-16-11-5-12-21(18,19)17-14-6-8-15(9-7-14)20-13(2)3/h6-9,13,16-17H,4-5,10-12H2,1-3H3. The van der Waals surface area contributed by atoms with Crippen molar-refractivity contribution in [3.8, 4) is 5.75 Å². The Balaban J connectivity index is 2.43. The van der Waals surface area contributed by atoms with Crippen LogP contribution in [0, 0.1) is 0 Å². The van der Waals surface area contributed by atoms with Crippen LogP contribution >= 0.6 is 0 Å². The highest BCUT2D eigenvalue weighted by Gasteiger charge is 2.10. The minimum Gasteiger partial charge on any atom is -0.491 e. The molecule has 120 valence electrons. The molecule has 2 N–H and O–H groups in total. The summed E-state index contributed by atoms with van der Waals surface area (Å²) in [7, 11) is -3.29. The van der Waals surface area contributed by atoms with Gasteiger partial charge in [-0.05, 0) is 64.0 Å². The lowest BCUT2D eigenvalue weighted by molar-refractivity contribution is 0.242. The van der Waals surface area contributed by atoms with Crippen molar-refractivity contribution in [3.63, 3.8) is 0 Å². The minimum atomic E-state index is -3.29. The Morgan fingerprint density at radius 3 is 2.38 bits per heavy atom. The van der Waals surface area contributed by atoms with Crippen LogP contribution in [-0.4, -0.2) is 33.4 Å². The van der Waals surface area contributed by atoms with Crippen LogP contribution in [0.4, 0.5) is 5.69 Å². The zero-order chi connectivity index (χ0) is 15.7. The Morgan fingerprint density at radius 2 is 1.81 bits per heavy atom. The van der Waals surface area contributed by atoms with Crippen molar-refractivity contribution >= 4 is 15.7 Å². The van der Waals surface area contributed by atoms with E-state index in [0.29, 0.717) is 12.1 Å². The number of anilines is 1. The Kier molecular flexibility index (Phi) is 7.53. The molecule has 0 heterocycles. The molecule has 0 saturated heterocycles. The fourth-order valence-corrected chi connectivity index (χ4v) is 2.91. The van der Waals surface area contributed by atoms with Crippen LogP contribution in [0.1, 0.15) is 33.6 Å². The number of hydrogen-bond donors (Lipinski definition) is 2. The summed E-state index contributed by atoms with van der Waals surface area (Å²) < 4.78 is 31.9. The lowest BCUT2D eigenvalue weighted by Gasteiger charge is -2.11. The van der Waals surface area contributed by atoms with E-state index in [2.05, 4.69) is 17.0 Å². The highest BCUT2D eigenvalue weighted by atomic mass is 32.2. The van der Waals surface area contributed by atoms with Crippen molar-refractivity contribution in [1.82, 2.24) is 5.32 Å². The maximum absolute atomic E-state index is 11.9. The van der Waals surface area contributed by atoms with Gasteiger partial charge < -0.3 is 10.1 Å². The summed E-state index contributed by atoms with van der Waals surface area (Å²) in [6.07, 6.45) is 1.75. The van der Waals surface area contributed by atoms with Gasteiger partial charge in [0.2, 0.25) is 10.0 Å². The van der Waals surface area contributed by atoms with Gasteiger partial charge in [0.15, 0.2) is 0 Å². The molecule has 21 heavy (non-hydrogen) atoms. The highest BCUT2D eigenvalue weighted by Crippen LogP contribution is 2.17. The van der Waals surface area contributed by atoms with Gasteiger partial charge in [-0.3, -0.25) is 4.72 Å². The lowest BCUT2D eigenvalue weighted by atomic mass is 10.3. The highest BCUT2D eigenvalue weighted by molar-refractivity contribution is 7.92. The molecule has 0 fully saturated rings. The van der Waals surface area contributed by atoms with Crippen LogP contribution in [0.25, 0.3) is 0 Å². The molecule has 1 aromatic carbocycles. The molecular formula is C15H26N2O3S. The molecule has 0 aliphatic carbocycles. The van der Waals surface area contributed by atoms with E-state index < -0.39 is 10.0 Å². The maximum Gasteiger partial charge on any atom is 0.232 e. The van der Waals surface area contributed by atoms with Crippen LogP contribution in [0.15, 0.2) is 24.3 Å². The van der Waals surface area contributed by atoms with Crippen molar-refractivity contribution in [2.24, 2.45) is 0 Å². The maximum atomic E-state index is 11.9. The molecule has 0 spiro atoms. The third-order valence-corrected chi connectivity index (χ3v) is 4.07. The van der Waals surface area contributed by atoms with Gasteiger partial charge in [-0.15, -0.1) is 0 Å². The van der Waals surface area contributed by atoms with Crippen molar-refractivity contribution in [1.29, 1.82) is 0 Å². The van der Waals surface area contributed by atoms with Crippen LogP contribution in [0.3, 0.4) is 0 Å². The number of sulfonamides is 1. The smallest absolute Gasteiger partial charge is 0.232 e. The summed E-state index contributed by atoms with van der Waals surface area (Å²) in [6.45, 7) is 7.62. The Bertz CT molecular complexity index is 498. The van der Waals surface area contributed by atoms with Crippen molar-refractivity contribution in [2.75, 3.05) is 23.6 Å². The quantitative estimate of drug-likeness (QED) is 0.651. The molecule has 1 rings (SSSR count). The van der Waals surface area contributed by atoms with Gasteiger partial charge in [0, 0.05) is 5.69 Å². The third-order valence-electron chi connectivity index (χ3n) is 2.69. The predicted octanol–water partition coefficient (Wildman–Crippen LogP) is 2.61. The summed E-state index contributed by atoms with van der Waals surface area (Å²) in [6, 6.07) is 6.95. The molecule has 1 aromatic rings. The van der Waals surface area contributed by atoms with E-state index in [9.17, 15) is 8.42 Å². The molecule has 0 aliphatic heterocycles. The molecule has 0 atom stereocenters. The molecule has 0 saturated carbocycles. The van der Waals surface area contributed by atoms with E-state index in [1.165, 1.54) is 0 Å². The summed E-state index contributed by atoms with van der Waals surface area (Å²) in [5.74, 6) is 0.852. The molecule has 5 nitrogen and oxygen atoms in total. The molecular weight excluding hydrogens is 288 g/mol. The molecule has 0 aliphatic rings. The van der Waals surface area contributed by atoms with E-state index in [1.54, 1.807) is 24.3 Å². The van der Waals surface area contributed by atoms with Crippen LogP contribution in [0.2, 0.25) is 0 Å². The van der Waals surface area contributed by atoms with Gasteiger partial charge in [-0.2, -0.15) is 0 Å². The summed E-state index contributed by atoms with van der Waals surface area (Å²) in [5, 5.41) is 3.19. The van der Waals surface area contributed by atoms with Crippen molar-refractivity contribution in [2.45, 2.75) is 39.7 Å². The Hall–Kier alpha value is -1.27. The van der Waals surface area contributed by atoms with Crippen LogP contribution < -0.4 is 14.8 Å². The molecule has 6 heteroatoms. The first-order valence-electron chi connectivity index (χ1n) is 7.41. The van der Waals surface area contributed by atoms with Crippen LogP contribution in [0.5, 0.6) is 5.75 Å². The number of rotatable bonds is 10. The Labute approximate surface area is 128 Å². The van der Waals surface area contributed by atoms with Crippen molar-refractivity contribution in [3.05, 3.63) is 24.3 Å². The number of benzene rings is 1. The third kappa shape index (κ3) is 7.92. The van der Waals surface area contributed by atoms with E-state index in [-0.39, 0.29) is 11.9 Å². The summed E-state index contributed by atoms with van der Waals surface area (Å²) in [5.41, 5.74) is 0.563. The first-order chi connectivity index (χ1) is 9.93. The zero-order valence-electron chi connectivity index (χ0n) is 13.1. The molecule has 0 unspecified atom stereocenters. The van der Waals surface area contributed by atoms with E-state index in [1.807, 2.05) is 13.8 Å². The average Bonchev–Trinajstić information content (AvgIpc) is 2.40. The average molecular weight is 314 g/mol. The van der Waals surface area contributed by atoms with Gasteiger partial charge in [-0.25, -0.2) is 8.42 Å². The molecule has 0 bridgehead atoms. The normalized spacial score (nSPS) is 11.6. The van der Waals surface area contributed by atoms with Crippen LogP contribution in [-0.2, 0) is 10.0 Å². The fraction of sp³-hybridized carbons (Fsp3) is 0.600. The number of ether oxygens (including phenoxy) is 1. The minimum absolute atomic E-state index is 0.100. The SMILES string of the molecule is CCCNCCCS(=O)(=O)Nc1ccc(OC(C)C)cc1. The largest absolute Gasteiger partial charge is 0.491 e.